The van der Waals surface area contributed by atoms with E-state index in [0.717, 1.165) is 51.4 Å². The Morgan fingerprint density at radius 3 is 1.20 bits per heavy atom. The number of hydrogen-bond donors (Lipinski definition) is 3. The van der Waals surface area contributed by atoms with E-state index in [0.29, 0.717) is 32.3 Å². The highest BCUT2D eigenvalue weighted by Crippen LogP contribution is 2.17. The molecular formula is C60H113NO5. The maximum absolute atomic E-state index is 12.5. The van der Waals surface area contributed by atoms with Crippen molar-refractivity contribution in [2.75, 3.05) is 13.2 Å². The zero-order valence-electron chi connectivity index (χ0n) is 44.2. The number of nitrogens with one attached hydrogen (secondary N) is 1. The molecule has 0 aliphatic carbocycles. The first-order chi connectivity index (χ1) is 32.5. The van der Waals surface area contributed by atoms with Gasteiger partial charge < -0.3 is 20.3 Å². The fourth-order valence-corrected chi connectivity index (χ4v) is 8.92. The average Bonchev–Trinajstić information content (AvgIpc) is 3.32. The lowest BCUT2D eigenvalue weighted by atomic mass is 10.0. The van der Waals surface area contributed by atoms with Crippen LogP contribution in [0.3, 0.4) is 0 Å². The van der Waals surface area contributed by atoms with Crippen molar-refractivity contribution in [3.63, 3.8) is 0 Å². The fourth-order valence-electron chi connectivity index (χ4n) is 8.92. The van der Waals surface area contributed by atoms with Crippen molar-refractivity contribution in [1.29, 1.82) is 0 Å². The van der Waals surface area contributed by atoms with Crippen LogP contribution in [0.4, 0.5) is 0 Å². The molecule has 0 saturated carbocycles. The first-order valence-corrected chi connectivity index (χ1v) is 29.2. The highest BCUT2D eigenvalue weighted by molar-refractivity contribution is 5.76. The smallest absolute Gasteiger partial charge is 0.305 e. The first-order valence-electron chi connectivity index (χ1n) is 29.2. The molecule has 2 unspecified atom stereocenters. The van der Waals surface area contributed by atoms with Gasteiger partial charge in [0.15, 0.2) is 0 Å². The molecule has 3 N–H and O–H groups in total. The van der Waals surface area contributed by atoms with Gasteiger partial charge >= 0.3 is 5.97 Å². The van der Waals surface area contributed by atoms with Crippen molar-refractivity contribution >= 4 is 11.9 Å². The number of esters is 1. The third-order valence-electron chi connectivity index (χ3n) is 13.4. The van der Waals surface area contributed by atoms with Gasteiger partial charge in [-0.3, -0.25) is 9.59 Å². The Morgan fingerprint density at radius 1 is 0.424 bits per heavy atom. The molecule has 0 fully saturated rings. The van der Waals surface area contributed by atoms with E-state index in [4.69, 9.17) is 4.74 Å². The lowest BCUT2D eigenvalue weighted by molar-refractivity contribution is -0.143. The molecule has 0 aromatic carbocycles. The van der Waals surface area contributed by atoms with Crippen LogP contribution in [0.5, 0.6) is 0 Å². The third kappa shape index (κ3) is 51.5. The topological polar surface area (TPSA) is 95.9 Å². The molecule has 0 rings (SSSR count). The summed E-state index contributed by atoms with van der Waals surface area (Å²) < 4.78 is 5.46. The molecule has 388 valence electrons. The minimum Gasteiger partial charge on any atom is -0.466 e. The number of aliphatic hydroxyl groups is 2. The molecule has 0 saturated heterocycles. The second-order valence-electron chi connectivity index (χ2n) is 20.0. The van der Waals surface area contributed by atoms with E-state index in [1.54, 1.807) is 0 Å². The normalized spacial score (nSPS) is 12.8. The number of unbranched alkanes of at least 4 members (excludes halogenated alkanes) is 37. The maximum atomic E-state index is 12.5. The Kier molecular flexibility index (Phi) is 54.1. The molecule has 6 heteroatoms. The summed E-state index contributed by atoms with van der Waals surface area (Å²) in [5.41, 5.74) is 0. The SMILES string of the molecule is CCCCCCCC/C=C\CCCCCCCC(=O)OCCCCCCCC/C=C\C/C=C\CCC(=O)NC(CO)C(O)CCCCCCCCCCCCCCCCCCCCCCC. The molecule has 6 nitrogen and oxygen atoms in total. The van der Waals surface area contributed by atoms with E-state index in [-0.39, 0.29) is 18.5 Å². The van der Waals surface area contributed by atoms with Crippen LogP contribution in [0, 0.1) is 0 Å². The van der Waals surface area contributed by atoms with E-state index < -0.39 is 12.1 Å². The van der Waals surface area contributed by atoms with Crippen molar-refractivity contribution < 1.29 is 24.5 Å². The predicted molar refractivity (Wildman–Crippen MR) is 287 cm³/mol. The molecule has 0 spiro atoms. The van der Waals surface area contributed by atoms with Crippen molar-refractivity contribution in [2.24, 2.45) is 0 Å². The number of aliphatic hydroxyl groups excluding tert-OH is 2. The number of amides is 1. The number of carbonyl (C=O) groups is 2. The molecular weight excluding hydrogens is 815 g/mol. The summed E-state index contributed by atoms with van der Waals surface area (Å²) in [6, 6.07) is -0.587. The maximum Gasteiger partial charge on any atom is 0.305 e. The van der Waals surface area contributed by atoms with E-state index in [2.05, 4.69) is 49.5 Å². The van der Waals surface area contributed by atoms with Crippen LogP contribution in [0.1, 0.15) is 309 Å². The Labute approximate surface area is 411 Å². The zero-order valence-corrected chi connectivity index (χ0v) is 44.2. The first kappa shape index (κ1) is 64.1. The van der Waals surface area contributed by atoms with Crippen LogP contribution < -0.4 is 5.32 Å². The van der Waals surface area contributed by atoms with E-state index >= 15 is 0 Å². The quantitative estimate of drug-likeness (QED) is 0.0321. The highest BCUT2D eigenvalue weighted by Gasteiger charge is 2.19. The Bertz CT molecular complexity index is 1070. The van der Waals surface area contributed by atoms with Gasteiger partial charge in [-0.05, 0) is 70.6 Å². The number of allylic oxidation sites excluding steroid dienone is 6. The standard InChI is InChI=1S/C60H113NO5/c1-3-5-7-9-11-13-15-17-19-20-21-22-23-24-26-28-32-36-40-44-48-52-58(63)57(56-62)61-59(64)53-49-45-41-37-33-29-27-31-35-39-43-47-51-55-66-60(65)54-50-46-42-38-34-30-25-18-16-14-12-10-8-6-4-2/h18,25,29,33,41,45,57-58,62-63H,3-17,19-24,26-28,30-32,34-40,42-44,46-56H2,1-2H3,(H,61,64)/b25-18-,33-29-,45-41-. The average molecular weight is 929 g/mol. The summed E-state index contributed by atoms with van der Waals surface area (Å²) >= 11 is 0. The minimum absolute atomic E-state index is 0.0246. The molecule has 66 heavy (non-hydrogen) atoms. The van der Waals surface area contributed by atoms with Crippen molar-refractivity contribution in [1.82, 2.24) is 5.32 Å². The molecule has 1 amide bonds. The van der Waals surface area contributed by atoms with Gasteiger partial charge in [0.05, 0.1) is 25.4 Å². The molecule has 0 aliphatic rings. The molecule has 0 radical (unpaired) electrons. The van der Waals surface area contributed by atoms with Gasteiger partial charge in [-0.1, -0.05) is 262 Å². The van der Waals surface area contributed by atoms with Gasteiger partial charge in [0, 0.05) is 12.8 Å². The van der Waals surface area contributed by atoms with Crippen molar-refractivity contribution in [3.8, 4) is 0 Å². The van der Waals surface area contributed by atoms with Crippen LogP contribution in [-0.2, 0) is 14.3 Å². The molecule has 0 aliphatic heterocycles. The van der Waals surface area contributed by atoms with E-state index in [9.17, 15) is 19.8 Å². The second kappa shape index (κ2) is 55.7. The number of ether oxygens (including phenoxy) is 1. The fraction of sp³-hybridized carbons (Fsp3) is 0.867. The van der Waals surface area contributed by atoms with Crippen LogP contribution >= 0.6 is 0 Å². The molecule has 0 heterocycles. The third-order valence-corrected chi connectivity index (χ3v) is 13.4. The van der Waals surface area contributed by atoms with Gasteiger partial charge in [0.25, 0.3) is 0 Å². The van der Waals surface area contributed by atoms with Crippen LogP contribution in [0.2, 0.25) is 0 Å². The van der Waals surface area contributed by atoms with Crippen LogP contribution in [-0.4, -0.2) is 47.4 Å². The predicted octanol–water partition coefficient (Wildman–Crippen LogP) is 18.0. The summed E-state index contributed by atoms with van der Waals surface area (Å²) in [6.45, 7) is 4.89. The summed E-state index contributed by atoms with van der Waals surface area (Å²) in [7, 11) is 0. The Morgan fingerprint density at radius 2 is 0.773 bits per heavy atom. The number of rotatable bonds is 54. The van der Waals surface area contributed by atoms with Gasteiger partial charge in [0.1, 0.15) is 0 Å². The lowest BCUT2D eigenvalue weighted by Crippen LogP contribution is -2.45. The summed E-state index contributed by atoms with van der Waals surface area (Å²) in [5, 5.41) is 23.3. The number of hydrogen-bond acceptors (Lipinski definition) is 5. The van der Waals surface area contributed by atoms with E-state index in [1.807, 2.05) is 6.08 Å². The van der Waals surface area contributed by atoms with Crippen LogP contribution in [0.15, 0.2) is 36.5 Å². The largest absolute Gasteiger partial charge is 0.466 e. The minimum atomic E-state index is -0.700. The Hall–Kier alpha value is -1.92. The van der Waals surface area contributed by atoms with E-state index in [1.165, 1.54) is 218 Å². The molecule has 0 bridgehead atoms. The van der Waals surface area contributed by atoms with Crippen LogP contribution in [0.25, 0.3) is 0 Å². The summed E-state index contributed by atoms with van der Waals surface area (Å²) in [4.78, 5) is 24.5. The lowest BCUT2D eigenvalue weighted by Gasteiger charge is -2.22. The molecule has 0 aromatic heterocycles. The van der Waals surface area contributed by atoms with Gasteiger partial charge in [0.2, 0.25) is 5.91 Å². The van der Waals surface area contributed by atoms with Crippen molar-refractivity contribution in [2.45, 2.75) is 321 Å². The second-order valence-corrected chi connectivity index (χ2v) is 20.0. The van der Waals surface area contributed by atoms with Gasteiger partial charge in [-0.2, -0.15) is 0 Å². The number of carbonyl (C=O) groups excluding carboxylic acids is 2. The van der Waals surface area contributed by atoms with Crippen molar-refractivity contribution in [3.05, 3.63) is 36.5 Å². The summed E-state index contributed by atoms with van der Waals surface area (Å²) in [5.74, 6) is -0.138. The van der Waals surface area contributed by atoms with Gasteiger partial charge in [-0.25, -0.2) is 0 Å². The molecule has 0 aromatic rings. The zero-order chi connectivity index (χ0) is 47.9. The summed E-state index contributed by atoms with van der Waals surface area (Å²) in [6.07, 6.45) is 68.6. The Balaban J connectivity index is 3.54. The van der Waals surface area contributed by atoms with Gasteiger partial charge in [-0.15, -0.1) is 0 Å². The molecule has 2 atom stereocenters. The monoisotopic (exact) mass is 928 g/mol. The highest BCUT2D eigenvalue weighted by atomic mass is 16.5.